The van der Waals surface area contributed by atoms with Gasteiger partial charge in [0.15, 0.2) is 6.04 Å². The fourth-order valence-electron chi connectivity index (χ4n) is 2.50. The number of hydrogen-bond donors (Lipinski definition) is 3. The Balaban J connectivity index is 2.31. The van der Waals surface area contributed by atoms with Crippen LogP contribution < -0.4 is 10.6 Å². The first-order valence-corrected chi connectivity index (χ1v) is 10.1. The lowest BCUT2D eigenvalue weighted by atomic mass is 10.1. The van der Waals surface area contributed by atoms with Gasteiger partial charge in [-0.1, -0.05) is 46.3 Å². The number of carbonyl (C=O) groups excluding carboxylic acids is 3. The normalized spacial score (nSPS) is 13.1. The van der Waals surface area contributed by atoms with E-state index in [4.69, 9.17) is 4.74 Å². The van der Waals surface area contributed by atoms with E-state index in [2.05, 4.69) is 26.6 Å². The van der Waals surface area contributed by atoms with Crippen LogP contribution in [-0.2, 0) is 14.3 Å². The van der Waals surface area contributed by atoms with Gasteiger partial charge in [-0.15, -0.1) is 0 Å². The van der Waals surface area contributed by atoms with Gasteiger partial charge >= 0.3 is 5.97 Å². The molecule has 158 valence electrons. The summed E-state index contributed by atoms with van der Waals surface area (Å²) in [7, 11) is 0. The molecule has 0 unspecified atom stereocenters. The van der Waals surface area contributed by atoms with Gasteiger partial charge in [0.2, 0.25) is 0 Å². The zero-order chi connectivity index (χ0) is 22.1. The molecule has 0 fully saturated rings. The molecule has 8 heteroatoms. The van der Waals surface area contributed by atoms with Crippen LogP contribution in [0.1, 0.15) is 29.8 Å². The number of aliphatic hydroxyl groups excluding tert-OH is 1. The maximum absolute atomic E-state index is 12.9. The van der Waals surface area contributed by atoms with E-state index in [1.54, 1.807) is 61.5 Å². The van der Waals surface area contributed by atoms with Crippen LogP contribution in [0.3, 0.4) is 0 Å². The van der Waals surface area contributed by atoms with Gasteiger partial charge in [-0.2, -0.15) is 0 Å². The molecule has 2 aromatic rings. The lowest BCUT2D eigenvalue weighted by Gasteiger charge is -2.20. The zero-order valence-corrected chi connectivity index (χ0v) is 18.2. The summed E-state index contributed by atoms with van der Waals surface area (Å²) in [4.78, 5) is 37.5. The van der Waals surface area contributed by atoms with Crippen molar-refractivity contribution in [3.05, 3.63) is 75.9 Å². The average molecular weight is 475 g/mol. The lowest BCUT2D eigenvalue weighted by Crippen LogP contribution is -2.50. The third-order valence-corrected chi connectivity index (χ3v) is 4.55. The van der Waals surface area contributed by atoms with Gasteiger partial charge in [0.05, 0.1) is 12.7 Å². The Labute approximate surface area is 183 Å². The van der Waals surface area contributed by atoms with Crippen LogP contribution in [0.5, 0.6) is 0 Å². The molecule has 30 heavy (non-hydrogen) atoms. The second-order valence-corrected chi connectivity index (χ2v) is 7.29. The second-order valence-electron chi connectivity index (χ2n) is 6.37. The number of halogens is 1. The first kappa shape index (κ1) is 23.3. The lowest BCUT2D eigenvalue weighted by molar-refractivity contribution is -0.150. The van der Waals surface area contributed by atoms with Gasteiger partial charge in [0.1, 0.15) is 5.70 Å². The molecule has 7 nitrogen and oxygen atoms in total. The number of nitrogens with one attached hydrogen (secondary N) is 2. The van der Waals surface area contributed by atoms with E-state index in [9.17, 15) is 19.5 Å². The molecule has 0 spiro atoms. The van der Waals surface area contributed by atoms with Crippen LogP contribution in [-0.4, -0.2) is 41.6 Å². The third-order valence-electron chi connectivity index (χ3n) is 4.02. The van der Waals surface area contributed by atoms with Crippen molar-refractivity contribution in [2.45, 2.75) is 26.0 Å². The van der Waals surface area contributed by atoms with E-state index in [1.165, 1.54) is 13.0 Å². The summed E-state index contributed by atoms with van der Waals surface area (Å²) in [5.41, 5.74) is 0.937. The van der Waals surface area contributed by atoms with Crippen molar-refractivity contribution < 1.29 is 24.2 Å². The Morgan fingerprint density at radius 1 is 1.10 bits per heavy atom. The highest BCUT2D eigenvalue weighted by atomic mass is 79.9. The van der Waals surface area contributed by atoms with Crippen LogP contribution in [0.25, 0.3) is 6.08 Å². The van der Waals surface area contributed by atoms with E-state index < -0.39 is 29.9 Å². The van der Waals surface area contributed by atoms with Gasteiger partial charge in [-0.05, 0) is 49.8 Å². The molecular formula is C22H23BrN2O5. The van der Waals surface area contributed by atoms with Crippen molar-refractivity contribution in [1.29, 1.82) is 0 Å². The molecule has 2 amide bonds. The number of benzene rings is 2. The number of rotatable bonds is 8. The van der Waals surface area contributed by atoms with Crippen molar-refractivity contribution in [2.24, 2.45) is 0 Å². The smallest absolute Gasteiger partial charge is 0.331 e. The van der Waals surface area contributed by atoms with E-state index in [-0.39, 0.29) is 12.3 Å². The fourth-order valence-corrected chi connectivity index (χ4v) is 2.76. The summed E-state index contributed by atoms with van der Waals surface area (Å²) in [5.74, 6) is -1.99. The SMILES string of the molecule is CCOC(=O)[C@H](NC(=O)/C(=C\c1ccc(Br)cc1)NC(=O)c1ccccc1)[C@@H](C)O. The van der Waals surface area contributed by atoms with Crippen LogP contribution in [0.2, 0.25) is 0 Å². The van der Waals surface area contributed by atoms with Gasteiger partial charge in [0, 0.05) is 10.0 Å². The molecule has 0 saturated heterocycles. The Bertz CT molecular complexity index is 911. The zero-order valence-electron chi connectivity index (χ0n) is 16.6. The van der Waals surface area contributed by atoms with Crippen molar-refractivity contribution in [3.8, 4) is 0 Å². The number of carbonyl (C=O) groups is 3. The Morgan fingerprint density at radius 2 is 1.73 bits per heavy atom. The molecule has 2 atom stereocenters. The summed E-state index contributed by atoms with van der Waals surface area (Å²) in [5, 5.41) is 14.9. The number of hydrogen-bond acceptors (Lipinski definition) is 5. The molecule has 0 aliphatic rings. The molecule has 0 saturated carbocycles. The molecule has 2 aromatic carbocycles. The topological polar surface area (TPSA) is 105 Å². The van der Waals surface area contributed by atoms with E-state index in [0.717, 1.165) is 4.47 Å². The quantitative estimate of drug-likeness (QED) is 0.402. The van der Waals surface area contributed by atoms with Crippen molar-refractivity contribution in [3.63, 3.8) is 0 Å². The van der Waals surface area contributed by atoms with Crippen molar-refractivity contribution in [1.82, 2.24) is 10.6 Å². The maximum atomic E-state index is 12.9. The largest absolute Gasteiger partial charge is 0.464 e. The van der Waals surface area contributed by atoms with Crippen molar-refractivity contribution >= 4 is 39.8 Å². The first-order valence-electron chi connectivity index (χ1n) is 9.31. The number of amides is 2. The van der Waals surface area contributed by atoms with Crippen LogP contribution >= 0.6 is 15.9 Å². The minimum Gasteiger partial charge on any atom is -0.464 e. The predicted octanol–water partition coefficient (Wildman–Crippen LogP) is 2.65. The third kappa shape index (κ3) is 6.82. The summed E-state index contributed by atoms with van der Waals surface area (Å²) in [6.07, 6.45) is 0.291. The number of ether oxygens (including phenoxy) is 1. The molecule has 3 N–H and O–H groups in total. The summed E-state index contributed by atoms with van der Waals surface area (Å²) in [6.45, 7) is 3.09. The standard InChI is InChI=1S/C22H23BrN2O5/c1-3-30-22(29)19(14(2)26)25-21(28)18(13-15-9-11-17(23)12-10-15)24-20(27)16-7-5-4-6-8-16/h4-14,19,26H,3H2,1-2H3,(H,24,27)(H,25,28)/b18-13+/t14-,19-/m1/s1. The number of aliphatic hydroxyl groups is 1. The van der Waals surface area contributed by atoms with Gasteiger partial charge in [-0.25, -0.2) is 4.79 Å². The van der Waals surface area contributed by atoms with E-state index in [0.29, 0.717) is 11.1 Å². The van der Waals surface area contributed by atoms with E-state index in [1.807, 2.05) is 0 Å². The monoisotopic (exact) mass is 474 g/mol. The molecular weight excluding hydrogens is 452 g/mol. The van der Waals surface area contributed by atoms with Crippen LogP contribution in [0.4, 0.5) is 0 Å². The summed E-state index contributed by atoms with van der Waals surface area (Å²) < 4.78 is 5.76. The minimum atomic E-state index is -1.28. The molecule has 0 radical (unpaired) electrons. The van der Waals surface area contributed by atoms with E-state index >= 15 is 0 Å². The molecule has 0 aromatic heterocycles. The molecule has 2 rings (SSSR count). The van der Waals surface area contributed by atoms with Crippen molar-refractivity contribution in [2.75, 3.05) is 6.61 Å². The van der Waals surface area contributed by atoms with Gasteiger partial charge < -0.3 is 20.5 Å². The highest BCUT2D eigenvalue weighted by Crippen LogP contribution is 2.13. The Hall–Kier alpha value is -2.97. The average Bonchev–Trinajstić information content (AvgIpc) is 2.73. The van der Waals surface area contributed by atoms with Gasteiger partial charge in [-0.3, -0.25) is 9.59 Å². The van der Waals surface area contributed by atoms with Gasteiger partial charge in [0.25, 0.3) is 11.8 Å². The highest BCUT2D eigenvalue weighted by Gasteiger charge is 2.28. The fraction of sp³-hybridized carbons (Fsp3) is 0.227. The summed E-state index contributed by atoms with van der Waals surface area (Å²) >= 11 is 3.34. The minimum absolute atomic E-state index is 0.0823. The molecule has 0 aliphatic carbocycles. The Kier molecular flexibility index (Phi) is 8.76. The molecule has 0 bridgehead atoms. The first-order chi connectivity index (χ1) is 14.3. The predicted molar refractivity (Wildman–Crippen MR) is 116 cm³/mol. The summed E-state index contributed by atoms with van der Waals surface area (Å²) in [6, 6.07) is 14.2. The van der Waals surface area contributed by atoms with Crippen LogP contribution in [0.15, 0.2) is 64.8 Å². The Morgan fingerprint density at radius 3 is 2.30 bits per heavy atom. The maximum Gasteiger partial charge on any atom is 0.331 e. The second kappa shape index (κ2) is 11.3. The molecule has 0 aliphatic heterocycles. The number of esters is 1. The highest BCUT2D eigenvalue weighted by molar-refractivity contribution is 9.10. The molecule has 0 heterocycles. The van der Waals surface area contributed by atoms with Crippen LogP contribution in [0, 0.1) is 0 Å².